The van der Waals surface area contributed by atoms with E-state index in [-0.39, 0.29) is 12.5 Å². The number of carbonyl (C=O) groups is 1. The van der Waals surface area contributed by atoms with E-state index in [1.807, 2.05) is 57.2 Å². The predicted octanol–water partition coefficient (Wildman–Crippen LogP) is 4.31. The van der Waals surface area contributed by atoms with E-state index in [4.69, 9.17) is 4.74 Å². The van der Waals surface area contributed by atoms with E-state index < -0.39 is 0 Å². The van der Waals surface area contributed by atoms with Crippen LogP contribution in [0.2, 0.25) is 0 Å². The van der Waals surface area contributed by atoms with Crippen molar-refractivity contribution in [2.75, 3.05) is 23.8 Å². The molecule has 0 fully saturated rings. The molecule has 0 radical (unpaired) electrons. The van der Waals surface area contributed by atoms with Crippen molar-refractivity contribution in [1.82, 2.24) is 0 Å². The van der Waals surface area contributed by atoms with Crippen molar-refractivity contribution in [2.24, 2.45) is 0 Å². The van der Waals surface area contributed by atoms with Gasteiger partial charge in [0.25, 0.3) is 0 Å². The van der Waals surface area contributed by atoms with E-state index in [1.165, 1.54) is 0 Å². The lowest BCUT2D eigenvalue weighted by Crippen LogP contribution is -2.21. The van der Waals surface area contributed by atoms with Gasteiger partial charge in [-0.1, -0.05) is 18.7 Å². The molecular weight excluding hydrogens is 300 g/mol. The largest absolute Gasteiger partial charge is 0.489 e. The van der Waals surface area contributed by atoms with E-state index in [9.17, 15) is 4.79 Å². The summed E-state index contributed by atoms with van der Waals surface area (Å²) in [7, 11) is 0. The normalized spacial score (nSPS) is 10.1. The number of amides is 1. The molecule has 0 saturated heterocycles. The van der Waals surface area contributed by atoms with Crippen LogP contribution >= 0.6 is 0 Å². The third-order valence-corrected chi connectivity index (χ3v) is 3.28. The Morgan fingerprint density at radius 2 is 1.79 bits per heavy atom. The summed E-state index contributed by atoms with van der Waals surface area (Å²) < 4.78 is 5.60. The first-order valence-electron chi connectivity index (χ1n) is 7.91. The van der Waals surface area contributed by atoms with Gasteiger partial charge in [0, 0.05) is 17.4 Å². The third kappa shape index (κ3) is 5.80. The molecule has 0 bridgehead atoms. The lowest BCUT2D eigenvalue weighted by molar-refractivity contribution is -0.114. The van der Waals surface area contributed by atoms with Crippen molar-refractivity contribution >= 4 is 17.3 Å². The van der Waals surface area contributed by atoms with Gasteiger partial charge in [-0.05, 0) is 61.7 Å². The van der Waals surface area contributed by atoms with Crippen molar-refractivity contribution in [2.45, 2.75) is 20.8 Å². The first kappa shape index (κ1) is 17.6. The van der Waals surface area contributed by atoms with Crippen LogP contribution in [-0.4, -0.2) is 19.1 Å². The fraction of sp³-hybridized carbons (Fsp3) is 0.250. The van der Waals surface area contributed by atoms with Gasteiger partial charge in [-0.25, -0.2) is 0 Å². The Kier molecular flexibility index (Phi) is 6.01. The Balaban J connectivity index is 1.89. The topological polar surface area (TPSA) is 50.4 Å². The van der Waals surface area contributed by atoms with Crippen LogP contribution in [0.5, 0.6) is 5.75 Å². The molecule has 0 aromatic heterocycles. The van der Waals surface area contributed by atoms with E-state index in [0.29, 0.717) is 6.61 Å². The summed E-state index contributed by atoms with van der Waals surface area (Å²) in [6.45, 7) is 10.4. The molecule has 2 rings (SSSR count). The maximum atomic E-state index is 12.1. The Morgan fingerprint density at radius 3 is 2.46 bits per heavy atom. The second kappa shape index (κ2) is 8.20. The number of ether oxygens (including phenoxy) is 1. The number of aryl methyl sites for hydroxylation is 2. The van der Waals surface area contributed by atoms with Gasteiger partial charge in [-0.3, -0.25) is 4.79 Å². The van der Waals surface area contributed by atoms with Gasteiger partial charge in [-0.15, -0.1) is 0 Å². The van der Waals surface area contributed by atoms with Crippen LogP contribution in [0.25, 0.3) is 0 Å². The molecule has 0 aliphatic heterocycles. The second-order valence-corrected chi connectivity index (χ2v) is 6.05. The third-order valence-electron chi connectivity index (χ3n) is 3.28. The molecule has 1 amide bonds. The highest BCUT2D eigenvalue weighted by molar-refractivity contribution is 5.93. The zero-order valence-electron chi connectivity index (χ0n) is 14.5. The predicted molar refractivity (Wildman–Crippen MR) is 99.8 cm³/mol. The Morgan fingerprint density at radius 1 is 1.08 bits per heavy atom. The summed E-state index contributed by atoms with van der Waals surface area (Å²) in [5.41, 5.74) is 4.87. The Hall–Kier alpha value is -2.75. The smallest absolute Gasteiger partial charge is 0.243 e. The van der Waals surface area contributed by atoms with Gasteiger partial charge in [0.05, 0.1) is 6.54 Å². The molecule has 0 atom stereocenters. The van der Waals surface area contributed by atoms with E-state index in [1.54, 1.807) is 0 Å². The number of rotatable bonds is 7. The van der Waals surface area contributed by atoms with Gasteiger partial charge >= 0.3 is 0 Å². The highest BCUT2D eigenvalue weighted by Crippen LogP contribution is 2.18. The average Bonchev–Trinajstić information content (AvgIpc) is 2.50. The molecule has 0 heterocycles. The molecule has 0 unspecified atom stereocenters. The Bertz CT molecular complexity index is 718. The van der Waals surface area contributed by atoms with Gasteiger partial charge in [-0.2, -0.15) is 0 Å². The fourth-order valence-corrected chi connectivity index (χ4v) is 2.34. The fourth-order valence-electron chi connectivity index (χ4n) is 2.34. The second-order valence-electron chi connectivity index (χ2n) is 6.05. The summed E-state index contributed by atoms with van der Waals surface area (Å²) in [5, 5.41) is 6.01. The first-order chi connectivity index (χ1) is 11.4. The molecule has 126 valence electrons. The lowest BCUT2D eigenvalue weighted by atomic mass is 10.1. The average molecular weight is 324 g/mol. The van der Waals surface area contributed by atoms with Gasteiger partial charge < -0.3 is 15.4 Å². The van der Waals surface area contributed by atoms with Crippen LogP contribution < -0.4 is 15.4 Å². The molecular formula is C20H24N2O2. The highest BCUT2D eigenvalue weighted by Gasteiger charge is 2.04. The van der Waals surface area contributed by atoms with E-state index in [0.717, 1.165) is 33.8 Å². The van der Waals surface area contributed by atoms with E-state index in [2.05, 4.69) is 23.3 Å². The minimum Gasteiger partial charge on any atom is -0.489 e. The van der Waals surface area contributed by atoms with Crippen LogP contribution in [0.3, 0.4) is 0 Å². The van der Waals surface area contributed by atoms with Gasteiger partial charge in [0.2, 0.25) is 5.91 Å². The molecule has 0 aliphatic rings. The van der Waals surface area contributed by atoms with E-state index >= 15 is 0 Å². The standard InChI is InChI=1S/C20H24N2O2/c1-14(2)13-24-19-7-5-6-17(11-19)21-12-20(23)22-18-9-15(3)8-16(4)10-18/h5-11,21H,1,12-13H2,2-4H3,(H,22,23). The van der Waals surface area contributed by atoms with Gasteiger partial charge in [0.15, 0.2) is 0 Å². The maximum Gasteiger partial charge on any atom is 0.243 e. The van der Waals surface area contributed by atoms with Crippen LogP contribution in [0, 0.1) is 13.8 Å². The molecule has 2 aromatic carbocycles. The zero-order chi connectivity index (χ0) is 17.5. The van der Waals surface area contributed by atoms with Gasteiger partial charge in [0.1, 0.15) is 12.4 Å². The van der Waals surface area contributed by atoms with Crippen LogP contribution in [0.15, 0.2) is 54.6 Å². The Labute approximate surface area is 143 Å². The maximum absolute atomic E-state index is 12.1. The number of nitrogens with one attached hydrogen (secondary N) is 2. The minimum atomic E-state index is -0.0896. The zero-order valence-corrected chi connectivity index (χ0v) is 14.5. The van der Waals surface area contributed by atoms with Crippen molar-refractivity contribution in [3.63, 3.8) is 0 Å². The van der Waals surface area contributed by atoms with Crippen molar-refractivity contribution in [3.8, 4) is 5.75 Å². The van der Waals surface area contributed by atoms with Crippen LogP contribution in [0.1, 0.15) is 18.1 Å². The molecule has 2 aromatic rings. The minimum absolute atomic E-state index is 0.0896. The molecule has 2 N–H and O–H groups in total. The number of anilines is 2. The SMILES string of the molecule is C=C(C)COc1cccc(NCC(=O)Nc2cc(C)cc(C)c2)c1. The van der Waals surface area contributed by atoms with Crippen molar-refractivity contribution < 1.29 is 9.53 Å². The lowest BCUT2D eigenvalue weighted by Gasteiger charge is -2.11. The molecule has 4 heteroatoms. The number of hydrogen-bond acceptors (Lipinski definition) is 3. The molecule has 4 nitrogen and oxygen atoms in total. The molecule has 0 saturated carbocycles. The van der Waals surface area contributed by atoms with Crippen LogP contribution in [-0.2, 0) is 4.79 Å². The molecule has 0 aliphatic carbocycles. The van der Waals surface area contributed by atoms with Crippen LogP contribution in [0.4, 0.5) is 11.4 Å². The summed E-state index contributed by atoms with van der Waals surface area (Å²) in [4.78, 5) is 12.1. The molecule has 0 spiro atoms. The first-order valence-corrected chi connectivity index (χ1v) is 7.91. The summed E-state index contributed by atoms with van der Waals surface area (Å²) in [5.74, 6) is 0.658. The number of benzene rings is 2. The molecule has 24 heavy (non-hydrogen) atoms. The quantitative estimate of drug-likeness (QED) is 0.746. The number of carbonyl (C=O) groups excluding carboxylic acids is 1. The number of hydrogen-bond donors (Lipinski definition) is 2. The monoisotopic (exact) mass is 324 g/mol. The van der Waals surface area contributed by atoms with Crippen molar-refractivity contribution in [3.05, 3.63) is 65.7 Å². The van der Waals surface area contributed by atoms with Crippen molar-refractivity contribution in [1.29, 1.82) is 0 Å². The highest BCUT2D eigenvalue weighted by atomic mass is 16.5. The summed E-state index contributed by atoms with van der Waals surface area (Å²) in [6, 6.07) is 13.5. The summed E-state index contributed by atoms with van der Waals surface area (Å²) in [6.07, 6.45) is 0. The summed E-state index contributed by atoms with van der Waals surface area (Å²) >= 11 is 0.